The van der Waals surface area contributed by atoms with Crippen molar-refractivity contribution in [2.24, 2.45) is 0 Å². The van der Waals surface area contributed by atoms with Gasteiger partial charge in [-0.25, -0.2) is 0 Å². The number of rotatable bonds is 5. The number of hydrogen-bond acceptors (Lipinski definition) is 3. The van der Waals surface area contributed by atoms with Crippen molar-refractivity contribution < 1.29 is 14.7 Å². The van der Waals surface area contributed by atoms with Crippen LogP contribution in [0.25, 0.3) is 0 Å². The summed E-state index contributed by atoms with van der Waals surface area (Å²) in [6, 6.07) is 1.78. The smallest absolute Gasteiger partial charge is 0.323 e. The number of aliphatic carboxylic acids is 1. The third-order valence-electron chi connectivity index (χ3n) is 2.63. The van der Waals surface area contributed by atoms with E-state index in [1.54, 1.807) is 0 Å². The Kier molecular flexibility index (Phi) is 4.69. The number of carbonyl (C=O) groups excluding carboxylic acids is 1. The summed E-state index contributed by atoms with van der Waals surface area (Å²) < 4.78 is 0. The Morgan fingerprint density at radius 1 is 1.41 bits per heavy atom. The molecule has 0 aliphatic rings. The van der Waals surface area contributed by atoms with Crippen molar-refractivity contribution in [2.75, 3.05) is 6.54 Å². The quantitative estimate of drug-likeness (QED) is 0.877. The van der Waals surface area contributed by atoms with Crippen LogP contribution in [0, 0.1) is 0 Å². The zero-order valence-corrected chi connectivity index (χ0v) is 11.0. The van der Waals surface area contributed by atoms with Gasteiger partial charge in [-0.15, -0.1) is 0 Å². The zero-order valence-electron chi connectivity index (χ0n) is 10.2. The van der Waals surface area contributed by atoms with Gasteiger partial charge in [0.2, 0.25) is 5.91 Å². The first-order valence-electron chi connectivity index (χ1n) is 5.47. The Morgan fingerprint density at radius 2 is 2.06 bits per heavy atom. The van der Waals surface area contributed by atoms with Crippen LogP contribution < -0.4 is 0 Å². The van der Waals surface area contributed by atoms with E-state index in [1.807, 2.05) is 37.6 Å². The fraction of sp³-hybridized carbons (Fsp3) is 0.500. The summed E-state index contributed by atoms with van der Waals surface area (Å²) in [4.78, 5) is 24.3. The number of carbonyl (C=O) groups is 2. The second-order valence-electron chi connectivity index (χ2n) is 4.23. The maximum atomic E-state index is 12.2. The number of thiophene rings is 1. The summed E-state index contributed by atoms with van der Waals surface area (Å²) in [5, 5.41) is 12.6. The van der Waals surface area contributed by atoms with Gasteiger partial charge in [0, 0.05) is 6.04 Å². The first-order chi connectivity index (χ1) is 7.93. The lowest BCUT2D eigenvalue weighted by Crippen LogP contribution is -2.42. The van der Waals surface area contributed by atoms with Crippen molar-refractivity contribution >= 4 is 23.2 Å². The topological polar surface area (TPSA) is 57.6 Å². The van der Waals surface area contributed by atoms with Gasteiger partial charge in [-0.3, -0.25) is 9.59 Å². The van der Waals surface area contributed by atoms with Crippen molar-refractivity contribution in [3.8, 4) is 0 Å². The molecule has 1 unspecified atom stereocenters. The summed E-state index contributed by atoms with van der Waals surface area (Å²) in [5.74, 6) is -1.41. The van der Waals surface area contributed by atoms with Crippen LogP contribution in [0.4, 0.5) is 0 Å². The van der Waals surface area contributed by atoms with E-state index in [1.165, 1.54) is 16.2 Å². The predicted molar refractivity (Wildman–Crippen MR) is 67.2 cm³/mol. The molecule has 1 N–H and O–H groups in total. The van der Waals surface area contributed by atoms with Gasteiger partial charge in [-0.2, -0.15) is 11.3 Å². The summed E-state index contributed by atoms with van der Waals surface area (Å²) in [7, 11) is 0. The molecule has 0 bridgehead atoms. The first-order valence-corrected chi connectivity index (χ1v) is 6.42. The van der Waals surface area contributed by atoms with E-state index in [9.17, 15) is 9.59 Å². The first kappa shape index (κ1) is 13.7. The van der Waals surface area contributed by atoms with Gasteiger partial charge >= 0.3 is 5.97 Å². The lowest BCUT2D eigenvalue weighted by Gasteiger charge is -2.27. The molecular weight excluding hydrogens is 238 g/mol. The fourth-order valence-electron chi connectivity index (χ4n) is 1.57. The fourth-order valence-corrected chi connectivity index (χ4v) is 2.33. The molecule has 94 valence electrons. The molecule has 1 aromatic rings. The predicted octanol–water partition coefficient (Wildman–Crippen LogP) is 2.17. The molecule has 1 atom stereocenters. The molecule has 5 heteroatoms. The van der Waals surface area contributed by atoms with Crippen LogP contribution in [-0.2, 0) is 9.59 Å². The lowest BCUT2D eigenvalue weighted by molar-refractivity contribution is -0.146. The Morgan fingerprint density at radius 3 is 2.47 bits per heavy atom. The molecule has 0 aliphatic carbocycles. The van der Waals surface area contributed by atoms with E-state index in [-0.39, 0.29) is 24.4 Å². The average Bonchev–Trinajstić information content (AvgIpc) is 2.76. The molecule has 0 saturated heterocycles. The molecule has 4 nitrogen and oxygen atoms in total. The van der Waals surface area contributed by atoms with Crippen molar-refractivity contribution in [2.45, 2.75) is 32.7 Å². The molecule has 0 radical (unpaired) electrons. The maximum absolute atomic E-state index is 12.2. The van der Waals surface area contributed by atoms with Gasteiger partial charge in [0.15, 0.2) is 0 Å². The summed E-state index contributed by atoms with van der Waals surface area (Å²) in [6.45, 7) is 5.20. The van der Waals surface area contributed by atoms with Crippen LogP contribution >= 0.6 is 11.3 Å². The van der Waals surface area contributed by atoms with Crippen LogP contribution in [0.15, 0.2) is 16.8 Å². The van der Waals surface area contributed by atoms with Gasteiger partial charge < -0.3 is 10.0 Å². The Hall–Kier alpha value is -1.36. The minimum Gasteiger partial charge on any atom is -0.480 e. The van der Waals surface area contributed by atoms with Crippen LogP contribution in [0.2, 0.25) is 0 Å². The monoisotopic (exact) mass is 255 g/mol. The van der Waals surface area contributed by atoms with E-state index in [0.717, 1.165) is 5.56 Å². The molecule has 0 fully saturated rings. The van der Waals surface area contributed by atoms with Gasteiger partial charge in [-0.1, -0.05) is 0 Å². The SMILES string of the molecule is CC(C(=O)N(CC(=O)O)C(C)C)c1ccsc1. The molecule has 1 heterocycles. The van der Waals surface area contributed by atoms with Gasteiger partial charge in [0.05, 0.1) is 5.92 Å². The van der Waals surface area contributed by atoms with E-state index < -0.39 is 5.97 Å². The Bertz CT molecular complexity index is 386. The highest BCUT2D eigenvalue weighted by Gasteiger charge is 2.25. The van der Waals surface area contributed by atoms with Gasteiger partial charge in [-0.05, 0) is 43.2 Å². The molecule has 1 rings (SSSR count). The highest BCUT2D eigenvalue weighted by Crippen LogP contribution is 2.21. The summed E-state index contributed by atoms with van der Waals surface area (Å²) >= 11 is 1.53. The number of amides is 1. The maximum Gasteiger partial charge on any atom is 0.323 e. The molecular formula is C12H17NO3S. The Labute approximate surface area is 105 Å². The third kappa shape index (κ3) is 3.56. The molecule has 0 saturated carbocycles. The number of nitrogens with zero attached hydrogens (tertiary/aromatic N) is 1. The van der Waals surface area contributed by atoms with Crippen molar-refractivity contribution in [3.05, 3.63) is 22.4 Å². The molecule has 1 amide bonds. The highest BCUT2D eigenvalue weighted by molar-refractivity contribution is 7.08. The lowest BCUT2D eigenvalue weighted by atomic mass is 10.0. The van der Waals surface area contributed by atoms with Gasteiger partial charge in [0.25, 0.3) is 0 Å². The second kappa shape index (κ2) is 5.82. The van der Waals surface area contributed by atoms with Crippen molar-refractivity contribution in [3.63, 3.8) is 0 Å². The van der Waals surface area contributed by atoms with E-state index >= 15 is 0 Å². The Balaban J connectivity index is 2.81. The average molecular weight is 255 g/mol. The zero-order chi connectivity index (χ0) is 13.0. The van der Waals surface area contributed by atoms with Crippen LogP contribution in [0.3, 0.4) is 0 Å². The van der Waals surface area contributed by atoms with Crippen molar-refractivity contribution in [1.29, 1.82) is 0 Å². The highest BCUT2D eigenvalue weighted by atomic mass is 32.1. The molecule has 0 aromatic carbocycles. The van der Waals surface area contributed by atoms with Crippen LogP contribution in [-0.4, -0.2) is 34.5 Å². The minimum absolute atomic E-state index is 0.111. The third-order valence-corrected chi connectivity index (χ3v) is 3.33. The number of carboxylic acid groups (broad SMARTS) is 1. The normalized spacial score (nSPS) is 12.5. The number of carboxylic acids is 1. The van der Waals surface area contributed by atoms with E-state index in [4.69, 9.17) is 5.11 Å². The van der Waals surface area contributed by atoms with Crippen LogP contribution in [0.5, 0.6) is 0 Å². The summed E-state index contributed by atoms with van der Waals surface area (Å²) in [6.07, 6.45) is 0. The largest absolute Gasteiger partial charge is 0.480 e. The molecule has 0 spiro atoms. The van der Waals surface area contributed by atoms with Crippen LogP contribution in [0.1, 0.15) is 32.3 Å². The van der Waals surface area contributed by atoms with Gasteiger partial charge in [0.1, 0.15) is 6.54 Å². The summed E-state index contributed by atoms with van der Waals surface area (Å²) in [5.41, 5.74) is 0.941. The van der Waals surface area contributed by atoms with E-state index in [2.05, 4.69) is 0 Å². The number of hydrogen-bond donors (Lipinski definition) is 1. The second-order valence-corrected chi connectivity index (χ2v) is 5.01. The van der Waals surface area contributed by atoms with E-state index in [0.29, 0.717) is 0 Å². The minimum atomic E-state index is -0.982. The molecule has 0 aliphatic heterocycles. The molecule has 1 aromatic heterocycles. The van der Waals surface area contributed by atoms with Crippen molar-refractivity contribution in [1.82, 2.24) is 4.90 Å². The standard InChI is InChI=1S/C12H17NO3S/c1-8(2)13(6-11(14)15)12(16)9(3)10-4-5-17-7-10/h4-5,7-9H,6H2,1-3H3,(H,14,15). The molecule has 17 heavy (non-hydrogen) atoms.